The van der Waals surface area contributed by atoms with Gasteiger partial charge >= 0.3 is 6.18 Å². The largest absolute Gasteiger partial charge is 0.416 e. The van der Waals surface area contributed by atoms with Crippen molar-refractivity contribution in [3.05, 3.63) is 48.4 Å². The van der Waals surface area contributed by atoms with Gasteiger partial charge in [-0.05, 0) is 18.2 Å². The molecule has 108 valence electrons. The first-order chi connectivity index (χ1) is 9.93. The fourth-order valence-electron chi connectivity index (χ4n) is 1.94. The summed E-state index contributed by atoms with van der Waals surface area (Å²) in [4.78, 5) is 8.15. The highest BCUT2D eigenvalue weighted by Gasteiger charge is 2.30. The molecule has 2 heterocycles. The lowest BCUT2D eigenvalue weighted by Crippen LogP contribution is -2.06. The number of halogens is 3. The SMILES string of the molecule is Nc1cn2ccnc2c(Nc2cccc(C(F)(F)F)c2)n1. The van der Waals surface area contributed by atoms with Crippen LogP contribution < -0.4 is 11.1 Å². The standard InChI is InChI=1S/C13H10F3N5/c14-13(15,16)8-2-1-3-9(6-8)19-11-12-18-4-5-21(12)7-10(17)20-11/h1-7H,17H2,(H,19,20). The summed E-state index contributed by atoms with van der Waals surface area (Å²) in [5, 5.41) is 2.81. The Hall–Kier alpha value is -2.77. The van der Waals surface area contributed by atoms with Crippen LogP contribution in [0.5, 0.6) is 0 Å². The second-order valence-electron chi connectivity index (χ2n) is 4.38. The molecule has 0 unspecified atom stereocenters. The number of rotatable bonds is 2. The number of anilines is 3. The van der Waals surface area contributed by atoms with E-state index in [1.807, 2.05) is 0 Å². The second-order valence-corrected chi connectivity index (χ2v) is 4.38. The zero-order valence-electron chi connectivity index (χ0n) is 10.6. The van der Waals surface area contributed by atoms with Crippen LogP contribution in [0.2, 0.25) is 0 Å². The smallest absolute Gasteiger partial charge is 0.382 e. The first-order valence-electron chi connectivity index (χ1n) is 5.97. The number of hydrogen-bond donors (Lipinski definition) is 2. The monoisotopic (exact) mass is 293 g/mol. The normalized spacial score (nSPS) is 11.8. The molecular weight excluding hydrogens is 283 g/mol. The molecule has 3 aromatic rings. The van der Waals surface area contributed by atoms with E-state index in [9.17, 15) is 13.2 Å². The van der Waals surface area contributed by atoms with E-state index in [1.165, 1.54) is 12.1 Å². The number of hydrogen-bond acceptors (Lipinski definition) is 4. The molecule has 0 atom stereocenters. The summed E-state index contributed by atoms with van der Waals surface area (Å²) >= 11 is 0. The molecule has 0 radical (unpaired) electrons. The van der Waals surface area contributed by atoms with Crippen LogP contribution in [-0.2, 0) is 6.18 Å². The molecule has 21 heavy (non-hydrogen) atoms. The van der Waals surface area contributed by atoms with Gasteiger partial charge in [0, 0.05) is 18.1 Å². The van der Waals surface area contributed by atoms with Crippen LogP contribution in [0.4, 0.5) is 30.5 Å². The zero-order chi connectivity index (χ0) is 15.0. The molecule has 0 fully saturated rings. The van der Waals surface area contributed by atoms with E-state index in [0.29, 0.717) is 11.5 Å². The Bertz CT molecular complexity index is 794. The number of alkyl halides is 3. The lowest BCUT2D eigenvalue weighted by molar-refractivity contribution is -0.137. The van der Waals surface area contributed by atoms with Crippen molar-refractivity contribution in [1.29, 1.82) is 0 Å². The van der Waals surface area contributed by atoms with Crippen molar-refractivity contribution in [2.75, 3.05) is 11.1 Å². The van der Waals surface area contributed by atoms with Crippen LogP contribution in [0, 0.1) is 0 Å². The van der Waals surface area contributed by atoms with E-state index < -0.39 is 11.7 Å². The lowest BCUT2D eigenvalue weighted by Gasteiger charge is -2.11. The van der Waals surface area contributed by atoms with Crippen molar-refractivity contribution in [1.82, 2.24) is 14.4 Å². The van der Waals surface area contributed by atoms with Crippen molar-refractivity contribution in [2.45, 2.75) is 6.18 Å². The topological polar surface area (TPSA) is 68.2 Å². The van der Waals surface area contributed by atoms with Gasteiger partial charge in [0.1, 0.15) is 5.82 Å². The Balaban J connectivity index is 2.01. The van der Waals surface area contributed by atoms with Crippen LogP contribution in [0.25, 0.3) is 5.65 Å². The quantitative estimate of drug-likeness (QED) is 0.762. The lowest BCUT2D eigenvalue weighted by atomic mass is 10.2. The third-order valence-corrected chi connectivity index (χ3v) is 2.85. The van der Waals surface area contributed by atoms with E-state index in [1.54, 1.807) is 23.0 Å². The van der Waals surface area contributed by atoms with Gasteiger partial charge < -0.3 is 15.5 Å². The molecule has 0 aliphatic rings. The second kappa shape index (κ2) is 4.65. The highest BCUT2D eigenvalue weighted by Crippen LogP contribution is 2.31. The van der Waals surface area contributed by atoms with Crippen molar-refractivity contribution < 1.29 is 13.2 Å². The Kier molecular flexibility index (Phi) is 2.93. The summed E-state index contributed by atoms with van der Waals surface area (Å²) in [6, 6.07) is 4.84. The van der Waals surface area contributed by atoms with Crippen LogP contribution in [0.1, 0.15) is 5.56 Å². The third kappa shape index (κ3) is 2.60. The molecule has 0 bridgehead atoms. The number of nitrogens with one attached hydrogen (secondary N) is 1. The number of nitrogen functional groups attached to an aromatic ring is 1. The van der Waals surface area contributed by atoms with E-state index in [4.69, 9.17) is 5.73 Å². The highest BCUT2D eigenvalue weighted by molar-refractivity contribution is 5.71. The molecular formula is C13H10F3N5. The molecule has 0 aliphatic carbocycles. The van der Waals surface area contributed by atoms with Gasteiger partial charge in [-0.25, -0.2) is 9.97 Å². The van der Waals surface area contributed by atoms with E-state index >= 15 is 0 Å². The summed E-state index contributed by atoms with van der Waals surface area (Å²) in [5.41, 5.74) is 5.65. The number of benzene rings is 1. The predicted molar refractivity (Wildman–Crippen MR) is 72.1 cm³/mol. The maximum atomic E-state index is 12.7. The van der Waals surface area contributed by atoms with E-state index in [2.05, 4.69) is 15.3 Å². The summed E-state index contributed by atoms with van der Waals surface area (Å²) in [6.45, 7) is 0. The van der Waals surface area contributed by atoms with Gasteiger partial charge in [-0.15, -0.1) is 0 Å². The maximum Gasteiger partial charge on any atom is 0.416 e. The highest BCUT2D eigenvalue weighted by atomic mass is 19.4. The molecule has 3 rings (SSSR count). The molecule has 0 aliphatic heterocycles. The first kappa shape index (κ1) is 13.2. The Labute approximate surface area is 117 Å². The van der Waals surface area contributed by atoms with Gasteiger partial charge in [0.05, 0.1) is 11.8 Å². The molecule has 3 N–H and O–H groups in total. The van der Waals surface area contributed by atoms with Gasteiger partial charge in [0.2, 0.25) is 0 Å². The van der Waals surface area contributed by atoms with Crippen molar-refractivity contribution in [3.63, 3.8) is 0 Å². The van der Waals surface area contributed by atoms with Gasteiger partial charge in [-0.3, -0.25) is 0 Å². The van der Waals surface area contributed by atoms with E-state index in [0.717, 1.165) is 12.1 Å². The fourth-order valence-corrected chi connectivity index (χ4v) is 1.94. The average Bonchev–Trinajstić information content (AvgIpc) is 2.86. The Morgan fingerprint density at radius 3 is 2.81 bits per heavy atom. The van der Waals surface area contributed by atoms with Crippen LogP contribution in [-0.4, -0.2) is 14.4 Å². The summed E-state index contributed by atoms with van der Waals surface area (Å²) < 4.78 is 39.7. The van der Waals surface area contributed by atoms with E-state index in [-0.39, 0.29) is 11.5 Å². The molecule has 2 aromatic heterocycles. The minimum atomic E-state index is -4.40. The third-order valence-electron chi connectivity index (χ3n) is 2.85. The Morgan fingerprint density at radius 1 is 1.24 bits per heavy atom. The number of nitrogens with zero attached hydrogens (tertiary/aromatic N) is 3. The van der Waals surface area contributed by atoms with Crippen molar-refractivity contribution >= 4 is 23.0 Å². The summed E-state index contributed by atoms with van der Waals surface area (Å²) in [7, 11) is 0. The van der Waals surface area contributed by atoms with Gasteiger partial charge in [0.15, 0.2) is 11.5 Å². The number of aromatic nitrogens is 3. The predicted octanol–water partition coefficient (Wildman–Crippen LogP) is 3.07. The summed E-state index contributed by atoms with van der Waals surface area (Å²) in [5.74, 6) is 0.523. The number of imidazole rings is 1. The molecule has 0 spiro atoms. The molecule has 0 saturated carbocycles. The zero-order valence-corrected chi connectivity index (χ0v) is 10.6. The van der Waals surface area contributed by atoms with Gasteiger partial charge in [0.25, 0.3) is 0 Å². The average molecular weight is 293 g/mol. The maximum absolute atomic E-state index is 12.7. The summed E-state index contributed by atoms with van der Waals surface area (Å²) in [6.07, 6.45) is 0.390. The van der Waals surface area contributed by atoms with Crippen molar-refractivity contribution in [3.8, 4) is 0 Å². The molecule has 8 heteroatoms. The minimum Gasteiger partial charge on any atom is -0.382 e. The fraction of sp³-hybridized carbons (Fsp3) is 0.0769. The molecule has 1 aromatic carbocycles. The van der Waals surface area contributed by atoms with Gasteiger partial charge in [-0.2, -0.15) is 13.2 Å². The Morgan fingerprint density at radius 2 is 2.05 bits per heavy atom. The molecule has 0 amide bonds. The number of fused-ring (bicyclic) bond motifs is 1. The van der Waals surface area contributed by atoms with Crippen LogP contribution in [0.15, 0.2) is 42.9 Å². The van der Waals surface area contributed by atoms with Crippen molar-refractivity contribution in [2.24, 2.45) is 0 Å². The first-order valence-corrected chi connectivity index (χ1v) is 5.97. The van der Waals surface area contributed by atoms with Gasteiger partial charge in [-0.1, -0.05) is 6.07 Å². The molecule has 0 saturated heterocycles. The van der Waals surface area contributed by atoms with Crippen LogP contribution in [0.3, 0.4) is 0 Å². The van der Waals surface area contributed by atoms with Crippen LogP contribution >= 0.6 is 0 Å². The minimum absolute atomic E-state index is 0.231. The molecule has 5 nitrogen and oxygen atoms in total. The number of nitrogens with two attached hydrogens (primary N) is 1.